The fourth-order valence-electron chi connectivity index (χ4n) is 5.05. The van der Waals surface area contributed by atoms with Crippen molar-refractivity contribution in [3.05, 3.63) is 94.5 Å². The molecule has 0 aromatic heterocycles. The van der Waals surface area contributed by atoms with Crippen molar-refractivity contribution in [1.29, 1.82) is 0 Å². The lowest BCUT2D eigenvalue weighted by atomic mass is 9.97. The van der Waals surface area contributed by atoms with Crippen molar-refractivity contribution >= 4 is 41.1 Å². The van der Waals surface area contributed by atoms with Gasteiger partial charge in [-0.3, -0.25) is 19.2 Å². The Hall–Kier alpha value is -5.25. The lowest BCUT2D eigenvalue weighted by Crippen LogP contribution is -2.56. The third kappa shape index (κ3) is 12.7. The van der Waals surface area contributed by atoms with Crippen molar-refractivity contribution in [1.82, 2.24) is 16.0 Å². The Labute approximate surface area is 319 Å². The van der Waals surface area contributed by atoms with Crippen molar-refractivity contribution in [2.24, 2.45) is 5.92 Å². The van der Waals surface area contributed by atoms with Crippen LogP contribution in [-0.4, -0.2) is 67.1 Å². The van der Waals surface area contributed by atoms with Gasteiger partial charge in [-0.05, 0) is 68.1 Å². The number of hydrogen-bond donors (Lipinski definition) is 3. The number of amides is 3. The third-order valence-corrected chi connectivity index (χ3v) is 8.11. The molecule has 0 aliphatic carbocycles. The molecule has 3 aromatic carbocycles. The molecule has 0 radical (unpaired) electrons. The molecule has 55 heavy (non-hydrogen) atoms. The summed E-state index contributed by atoms with van der Waals surface area (Å²) < 4.78 is 87.1. The van der Waals surface area contributed by atoms with E-state index < -0.39 is 94.8 Å². The number of ketones is 1. The Bertz CT molecular complexity index is 1830. The summed E-state index contributed by atoms with van der Waals surface area (Å²) in [4.78, 5) is 65.1. The molecule has 298 valence electrons. The van der Waals surface area contributed by atoms with E-state index in [1.807, 2.05) is 5.32 Å². The van der Waals surface area contributed by atoms with E-state index in [4.69, 9.17) is 25.8 Å². The Balaban J connectivity index is 1.98. The zero-order valence-electron chi connectivity index (χ0n) is 30.7. The van der Waals surface area contributed by atoms with Crippen molar-refractivity contribution in [2.45, 2.75) is 76.9 Å². The largest absolute Gasteiger partial charge is 0.497 e. The topological polar surface area (TPSA) is 149 Å². The highest BCUT2D eigenvalue weighted by atomic mass is 35.5. The maximum atomic E-state index is 15.5. The summed E-state index contributed by atoms with van der Waals surface area (Å²) in [7, 11) is 1.35. The lowest BCUT2D eigenvalue weighted by molar-refractivity contribution is -0.175. The molecule has 3 N–H and O–H groups in total. The predicted molar refractivity (Wildman–Crippen MR) is 190 cm³/mol. The number of carbonyl (C=O) groups is 5. The highest BCUT2D eigenvalue weighted by Crippen LogP contribution is 2.34. The fourth-order valence-corrected chi connectivity index (χ4v) is 5.31. The zero-order valence-corrected chi connectivity index (χ0v) is 31.4. The van der Waals surface area contributed by atoms with Gasteiger partial charge in [0.05, 0.1) is 18.2 Å². The second-order valence-corrected chi connectivity index (χ2v) is 14.0. The SMILES string of the molecule is COc1ccc(C(NC(=O)C(Cc2ccc(OCC(=O)OC(C)(C)C)cc2)NC(=O)C(F)(F)c2ccccc2Cl)C(=O)NC(C(=O)C(F)(F)F)C(C)C)cc1. The van der Waals surface area contributed by atoms with Gasteiger partial charge in [0.25, 0.3) is 11.7 Å². The van der Waals surface area contributed by atoms with Gasteiger partial charge in [0.1, 0.15) is 29.2 Å². The summed E-state index contributed by atoms with van der Waals surface area (Å²) in [6.07, 6.45) is -5.76. The minimum absolute atomic E-state index is 0.00609. The van der Waals surface area contributed by atoms with Crippen molar-refractivity contribution in [3.8, 4) is 11.5 Å². The number of methoxy groups -OCH3 is 1. The molecular formula is C38H41ClF5N3O8. The summed E-state index contributed by atoms with van der Waals surface area (Å²) in [6.45, 7) is 7.15. The molecule has 0 saturated heterocycles. The summed E-state index contributed by atoms with van der Waals surface area (Å²) in [5.74, 6) is -12.0. The summed E-state index contributed by atoms with van der Waals surface area (Å²) in [5.41, 5.74) is -1.32. The molecule has 3 rings (SSSR count). The van der Waals surface area contributed by atoms with E-state index >= 15 is 8.78 Å². The number of benzene rings is 3. The number of halogens is 6. The van der Waals surface area contributed by atoms with Crippen molar-refractivity contribution in [2.75, 3.05) is 13.7 Å². The Morgan fingerprint density at radius 1 is 0.764 bits per heavy atom. The Morgan fingerprint density at radius 2 is 1.35 bits per heavy atom. The molecular weight excluding hydrogens is 757 g/mol. The number of rotatable bonds is 16. The number of carbonyl (C=O) groups excluding carboxylic acids is 5. The number of alkyl halides is 5. The van der Waals surface area contributed by atoms with E-state index in [9.17, 15) is 37.1 Å². The minimum Gasteiger partial charge on any atom is -0.497 e. The van der Waals surface area contributed by atoms with Crippen LogP contribution in [0.5, 0.6) is 11.5 Å². The standard InChI is InChI=1S/C38H41ClF5N3O8/c1-21(2)30(32(49)38(42,43)44)46-34(51)31(23-13-17-24(53-6)18-14-23)47-33(50)28(45-35(52)37(40,41)26-9-7-8-10-27(26)39)19-22-11-15-25(16-12-22)54-20-29(48)55-36(3,4)5/h7-18,21,28,30-31H,19-20H2,1-6H3,(H,45,52)(H,46,51)(H,47,50). The van der Waals surface area contributed by atoms with Crippen LogP contribution in [-0.2, 0) is 41.1 Å². The predicted octanol–water partition coefficient (Wildman–Crippen LogP) is 6.02. The maximum Gasteiger partial charge on any atom is 0.452 e. The van der Waals surface area contributed by atoms with E-state index in [-0.39, 0.29) is 16.9 Å². The van der Waals surface area contributed by atoms with Crippen LogP contribution in [0.2, 0.25) is 5.02 Å². The molecule has 0 saturated carbocycles. The van der Waals surface area contributed by atoms with Crippen LogP contribution < -0.4 is 25.4 Å². The molecule has 3 amide bonds. The summed E-state index contributed by atoms with van der Waals surface area (Å²) in [5, 5.41) is 5.97. The second kappa shape index (κ2) is 18.4. The van der Waals surface area contributed by atoms with E-state index in [0.717, 1.165) is 12.1 Å². The average molecular weight is 798 g/mol. The molecule has 0 heterocycles. The van der Waals surface area contributed by atoms with Gasteiger partial charge in [-0.15, -0.1) is 0 Å². The van der Waals surface area contributed by atoms with Crippen molar-refractivity contribution < 1.29 is 60.1 Å². The van der Waals surface area contributed by atoms with Crippen LogP contribution in [0.1, 0.15) is 57.4 Å². The molecule has 0 spiro atoms. The van der Waals surface area contributed by atoms with E-state index in [1.165, 1.54) is 81.6 Å². The summed E-state index contributed by atoms with van der Waals surface area (Å²) >= 11 is 5.95. The number of ether oxygens (including phenoxy) is 3. The normalized spacial score (nSPS) is 13.5. The van der Waals surface area contributed by atoms with Gasteiger partial charge in [-0.25, -0.2) is 4.79 Å². The van der Waals surface area contributed by atoms with Gasteiger partial charge in [0.2, 0.25) is 11.8 Å². The van der Waals surface area contributed by atoms with Gasteiger partial charge >= 0.3 is 18.1 Å². The van der Waals surface area contributed by atoms with Gasteiger partial charge in [0.15, 0.2) is 6.61 Å². The molecule has 0 aliphatic heterocycles. The van der Waals surface area contributed by atoms with Crippen LogP contribution in [0.4, 0.5) is 22.0 Å². The van der Waals surface area contributed by atoms with Crippen LogP contribution in [0.15, 0.2) is 72.8 Å². The quantitative estimate of drug-likeness (QED) is 0.118. The second-order valence-electron chi connectivity index (χ2n) is 13.6. The molecule has 17 heteroatoms. The van der Waals surface area contributed by atoms with E-state index in [0.29, 0.717) is 5.75 Å². The molecule has 0 bridgehead atoms. The molecule has 3 unspecified atom stereocenters. The van der Waals surface area contributed by atoms with E-state index in [1.54, 1.807) is 20.8 Å². The van der Waals surface area contributed by atoms with Gasteiger partial charge < -0.3 is 30.2 Å². The third-order valence-electron chi connectivity index (χ3n) is 7.78. The highest BCUT2D eigenvalue weighted by Gasteiger charge is 2.46. The first kappa shape index (κ1) is 44.1. The fraction of sp³-hybridized carbons (Fsp3) is 0.395. The monoisotopic (exact) mass is 797 g/mol. The molecule has 0 fully saturated rings. The minimum atomic E-state index is -5.31. The first-order chi connectivity index (χ1) is 25.5. The first-order valence-corrected chi connectivity index (χ1v) is 17.1. The molecule has 3 aromatic rings. The van der Waals surface area contributed by atoms with Gasteiger partial charge in [0, 0.05) is 12.0 Å². The number of esters is 1. The first-order valence-electron chi connectivity index (χ1n) is 16.8. The smallest absolute Gasteiger partial charge is 0.452 e. The number of nitrogens with one attached hydrogen (secondary N) is 3. The van der Waals surface area contributed by atoms with Crippen LogP contribution in [0, 0.1) is 5.92 Å². The maximum absolute atomic E-state index is 15.5. The number of hydrogen-bond acceptors (Lipinski definition) is 8. The Morgan fingerprint density at radius 3 is 1.87 bits per heavy atom. The number of Topliss-reactive ketones (excluding diaryl/α,β-unsaturated/α-hetero) is 1. The lowest BCUT2D eigenvalue weighted by Gasteiger charge is -2.28. The van der Waals surface area contributed by atoms with Crippen LogP contribution in [0.3, 0.4) is 0 Å². The van der Waals surface area contributed by atoms with Crippen molar-refractivity contribution in [3.63, 3.8) is 0 Å². The zero-order chi connectivity index (χ0) is 41.3. The van der Waals surface area contributed by atoms with Crippen LogP contribution in [0.25, 0.3) is 0 Å². The molecule has 11 nitrogen and oxygen atoms in total. The summed E-state index contributed by atoms with van der Waals surface area (Å²) in [6, 6.07) is 10.0. The van der Waals surface area contributed by atoms with Gasteiger partial charge in [-0.2, -0.15) is 22.0 Å². The van der Waals surface area contributed by atoms with Crippen LogP contribution >= 0.6 is 11.6 Å². The van der Waals surface area contributed by atoms with E-state index in [2.05, 4.69) is 10.6 Å². The highest BCUT2D eigenvalue weighted by molar-refractivity contribution is 6.31. The average Bonchev–Trinajstić information content (AvgIpc) is 3.10. The molecule has 3 atom stereocenters. The van der Waals surface area contributed by atoms with Gasteiger partial charge in [-0.1, -0.05) is 67.9 Å². The Kier molecular flexibility index (Phi) is 14.8. The molecule has 0 aliphatic rings.